The summed E-state index contributed by atoms with van der Waals surface area (Å²) in [5, 5.41) is 3.40. The van der Waals surface area contributed by atoms with Crippen molar-refractivity contribution in [1.82, 2.24) is 4.90 Å². The molecule has 0 bridgehead atoms. The van der Waals surface area contributed by atoms with E-state index < -0.39 is 0 Å². The normalized spacial score (nSPS) is 11.5. The summed E-state index contributed by atoms with van der Waals surface area (Å²) in [6.07, 6.45) is 0. The van der Waals surface area contributed by atoms with Gasteiger partial charge in [0.2, 0.25) is 0 Å². The Bertz CT molecular complexity index is 591. The molecule has 0 saturated carbocycles. The fourth-order valence-corrected chi connectivity index (χ4v) is 1.97. The molecule has 0 aliphatic rings. The van der Waals surface area contributed by atoms with Crippen molar-refractivity contribution in [3.63, 3.8) is 0 Å². The molecule has 0 unspecified atom stereocenters. The van der Waals surface area contributed by atoms with E-state index in [0.29, 0.717) is 0 Å². The summed E-state index contributed by atoms with van der Waals surface area (Å²) >= 11 is 0. The minimum atomic E-state index is 0.750. The van der Waals surface area contributed by atoms with Crippen molar-refractivity contribution in [3.8, 4) is 5.75 Å². The molecule has 0 aliphatic carbocycles. The fourth-order valence-electron chi connectivity index (χ4n) is 1.97. The molecular weight excluding hydrogens is 274 g/mol. The van der Waals surface area contributed by atoms with Gasteiger partial charge in [-0.2, -0.15) is 0 Å². The van der Waals surface area contributed by atoms with Crippen molar-refractivity contribution >= 4 is 11.5 Å². The van der Waals surface area contributed by atoms with Crippen molar-refractivity contribution in [2.24, 2.45) is 4.99 Å². The van der Waals surface area contributed by atoms with Crippen molar-refractivity contribution in [3.05, 3.63) is 60.2 Å². The van der Waals surface area contributed by atoms with Crippen LogP contribution in [0.1, 0.15) is 5.56 Å². The van der Waals surface area contributed by atoms with Crippen LogP contribution in [0.2, 0.25) is 0 Å². The lowest BCUT2D eigenvalue weighted by Crippen LogP contribution is -2.19. The molecule has 0 amide bonds. The predicted molar refractivity (Wildman–Crippen MR) is 93.0 cm³/mol. The number of nitrogens with zero attached hydrogens (tertiary/aromatic N) is 2. The second kappa shape index (κ2) is 8.20. The molecule has 2 rings (SSSR count). The number of methoxy groups -OCH3 is 1. The predicted octanol–water partition coefficient (Wildman–Crippen LogP) is 3.12. The number of likely N-dealkylation sites (N-methyl/N-ethyl adjacent to an activating group) is 1. The van der Waals surface area contributed by atoms with Crippen LogP contribution < -0.4 is 10.1 Å². The lowest BCUT2D eigenvalue weighted by atomic mass is 10.2. The number of anilines is 1. The lowest BCUT2D eigenvalue weighted by molar-refractivity contribution is 0.415. The number of ether oxygens (including phenoxy) is 1. The second-order valence-electron chi connectivity index (χ2n) is 5.25. The topological polar surface area (TPSA) is 36.9 Å². The van der Waals surface area contributed by atoms with Gasteiger partial charge in [-0.3, -0.25) is 4.99 Å². The Kier molecular flexibility index (Phi) is 5.98. The summed E-state index contributed by atoms with van der Waals surface area (Å²) in [6.45, 7) is 1.67. The van der Waals surface area contributed by atoms with E-state index in [9.17, 15) is 0 Å². The highest BCUT2D eigenvalue weighted by Gasteiger charge is 2.04. The standard InChI is InChI=1S/C18H23N3O/c1-21(2)14-13-19-18(15-7-5-4-6-8-15)20-16-9-11-17(22-3)12-10-16/h4-12H,13-14H2,1-3H3,(H,19,20). The molecule has 4 heteroatoms. The molecular formula is C18H23N3O. The van der Waals surface area contributed by atoms with Crippen LogP contribution >= 0.6 is 0 Å². The average molecular weight is 297 g/mol. The first-order valence-corrected chi connectivity index (χ1v) is 7.34. The molecule has 2 aromatic rings. The molecule has 0 atom stereocenters. The Balaban J connectivity index is 2.16. The van der Waals surface area contributed by atoms with Gasteiger partial charge in [0.25, 0.3) is 0 Å². The van der Waals surface area contributed by atoms with Gasteiger partial charge in [0.1, 0.15) is 11.6 Å². The third-order valence-corrected chi connectivity index (χ3v) is 3.22. The highest BCUT2D eigenvalue weighted by molar-refractivity contribution is 6.08. The Labute approximate surface area is 132 Å². The summed E-state index contributed by atoms with van der Waals surface area (Å²) in [5.41, 5.74) is 2.07. The highest BCUT2D eigenvalue weighted by Crippen LogP contribution is 2.16. The van der Waals surface area contributed by atoms with Gasteiger partial charge in [-0.05, 0) is 38.4 Å². The summed E-state index contributed by atoms with van der Waals surface area (Å²) in [6, 6.07) is 18.0. The number of amidine groups is 1. The van der Waals surface area contributed by atoms with Gasteiger partial charge in [-0.15, -0.1) is 0 Å². The molecule has 4 nitrogen and oxygen atoms in total. The molecule has 1 N–H and O–H groups in total. The van der Waals surface area contributed by atoms with Gasteiger partial charge >= 0.3 is 0 Å². The van der Waals surface area contributed by atoms with Crippen LogP contribution in [-0.4, -0.2) is 45.0 Å². The fraction of sp³-hybridized carbons (Fsp3) is 0.278. The summed E-state index contributed by atoms with van der Waals surface area (Å²) in [7, 11) is 5.77. The van der Waals surface area contributed by atoms with Crippen LogP contribution in [-0.2, 0) is 0 Å². The minimum Gasteiger partial charge on any atom is -0.497 e. The third-order valence-electron chi connectivity index (χ3n) is 3.22. The van der Waals surface area contributed by atoms with Crippen LogP contribution in [0, 0.1) is 0 Å². The molecule has 0 spiro atoms. The summed E-state index contributed by atoms with van der Waals surface area (Å²) in [4.78, 5) is 6.83. The van der Waals surface area contributed by atoms with Crippen LogP contribution in [0.25, 0.3) is 0 Å². The lowest BCUT2D eigenvalue weighted by Gasteiger charge is -2.12. The number of nitrogens with one attached hydrogen (secondary N) is 1. The smallest absolute Gasteiger partial charge is 0.132 e. The molecule has 2 aromatic carbocycles. The van der Waals surface area contributed by atoms with Crippen LogP contribution in [0.15, 0.2) is 59.6 Å². The van der Waals surface area contributed by atoms with Crippen molar-refractivity contribution < 1.29 is 4.74 Å². The van der Waals surface area contributed by atoms with Gasteiger partial charge in [0.05, 0.1) is 13.7 Å². The Morgan fingerprint density at radius 2 is 1.73 bits per heavy atom. The molecule has 0 fully saturated rings. The quantitative estimate of drug-likeness (QED) is 0.657. The van der Waals surface area contributed by atoms with E-state index in [2.05, 4.69) is 36.4 Å². The largest absolute Gasteiger partial charge is 0.497 e. The number of benzene rings is 2. The molecule has 0 aliphatic heterocycles. The zero-order chi connectivity index (χ0) is 15.8. The monoisotopic (exact) mass is 297 g/mol. The van der Waals surface area contributed by atoms with E-state index in [-0.39, 0.29) is 0 Å². The van der Waals surface area contributed by atoms with E-state index in [0.717, 1.165) is 35.9 Å². The number of hydrogen-bond acceptors (Lipinski definition) is 3. The first-order valence-electron chi connectivity index (χ1n) is 7.34. The number of hydrogen-bond donors (Lipinski definition) is 1. The van der Waals surface area contributed by atoms with Crippen molar-refractivity contribution in [2.45, 2.75) is 0 Å². The van der Waals surface area contributed by atoms with E-state index in [1.807, 2.05) is 42.5 Å². The maximum absolute atomic E-state index is 5.19. The molecule has 0 radical (unpaired) electrons. The van der Waals surface area contributed by atoms with Gasteiger partial charge in [0.15, 0.2) is 0 Å². The average Bonchev–Trinajstić information content (AvgIpc) is 2.55. The van der Waals surface area contributed by atoms with Crippen molar-refractivity contribution in [2.75, 3.05) is 39.6 Å². The molecule has 22 heavy (non-hydrogen) atoms. The molecule has 0 aromatic heterocycles. The molecule has 0 heterocycles. The molecule has 116 valence electrons. The first kappa shape index (κ1) is 16.0. The second-order valence-corrected chi connectivity index (χ2v) is 5.25. The van der Waals surface area contributed by atoms with E-state index in [4.69, 9.17) is 9.73 Å². The molecule has 0 saturated heterocycles. The third kappa shape index (κ3) is 4.90. The Hall–Kier alpha value is -2.33. The van der Waals surface area contributed by atoms with Crippen LogP contribution in [0.4, 0.5) is 5.69 Å². The number of rotatable bonds is 6. The van der Waals surface area contributed by atoms with E-state index in [1.54, 1.807) is 7.11 Å². The summed E-state index contributed by atoms with van der Waals surface area (Å²) < 4.78 is 5.19. The van der Waals surface area contributed by atoms with Gasteiger partial charge in [-0.25, -0.2) is 0 Å². The van der Waals surface area contributed by atoms with Gasteiger partial charge in [0, 0.05) is 17.8 Å². The van der Waals surface area contributed by atoms with Crippen molar-refractivity contribution in [1.29, 1.82) is 0 Å². The summed E-state index contributed by atoms with van der Waals surface area (Å²) in [5.74, 6) is 1.73. The first-order chi connectivity index (χ1) is 10.7. The van der Waals surface area contributed by atoms with Gasteiger partial charge in [-0.1, -0.05) is 30.3 Å². The highest BCUT2D eigenvalue weighted by atomic mass is 16.5. The van der Waals surface area contributed by atoms with Gasteiger partial charge < -0.3 is 15.0 Å². The number of aliphatic imine (C=N–C) groups is 1. The minimum absolute atomic E-state index is 0.750. The van der Waals surface area contributed by atoms with Crippen LogP contribution in [0.3, 0.4) is 0 Å². The van der Waals surface area contributed by atoms with Crippen LogP contribution in [0.5, 0.6) is 5.75 Å². The SMILES string of the molecule is COc1ccc(NC(=NCCN(C)C)c2ccccc2)cc1. The van der Waals surface area contributed by atoms with E-state index in [1.165, 1.54) is 0 Å². The zero-order valence-electron chi connectivity index (χ0n) is 13.4. The van der Waals surface area contributed by atoms with E-state index >= 15 is 0 Å². The maximum atomic E-state index is 5.19. The Morgan fingerprint density at radius 1 is 1.05 bits per heavy atom. The Morgan fingerprint density at radius 3 is 2.32 bits per heavy atom. The zero-order valence-corrected chi connectivity index (χ0v) is 13.4. The maximum Gasteiger partial charge on any atom is 0.132 e.